The van der Waals surface area contributed by atoms with Gasteiger partial charge in [0.1, 0.15) is 13.2 Å². The smallest absolute Gasteiger partial charge is 0.338 e. The number of benzene rings is 3. The Morgan fingerprint density at radius 3 is 2.38 bits per heavy atom. The second-order valence-corrected chi connectivity index (χ2v) is 5.92. The number of carbonyl (C=O) groups is 2. The van der Waals surface area contributed by atoms with Crippen LogP contribution < -0.4 is 9.47 Å². The van der Waals surface area contributed by atoms with Crippen LogP contribution in [0.4, 0.5) is 0 Å². The van der Waals surface area contributed by atoms with E-state index in [9.17, 15) is 9.59 Å². The predicted octanol–water partition coefficient (Wildman–Crippen LogP) is 3.65. The molecule has 130 valence electrons. The summed E-state index contributed by atoms with van der Waals surface area (Å²) in [5, 5.41) is 2.02. The summed E-state index contributed by atoms with van der Waals surface area (Å²) in [6.45, 7) is 0.606. The normalized spacial score (nSPS) is 12.6. The van der Waals surface area contributed by atoms with E-state index in [0.717, 1.165) is 10.8 Å². The molecule has 0 bridgehead atoms. The first kappa shape index (κ1) is 16.1. The molecule has 3 aromatic carbocycles. The van der Waals surface area contributed by atoms with Crippen LogP contribution in [0.2, 0.25) is 0 Å². The van der Waals surface area contributed by atoms with Gasteiger partial charge in [0.05, 0.1) is 5.56 Å². The molecule has 0 fully saturated rings. The van der Waals surface area contributed by atoms with Crippen molar-refractivity contribution in [2.24, 2.45) is 0 Å². The fourth-order valence-corrected chi connectivity index (χ4v) is 2.83. The van der Waals surface area contributed by atoms with Gasteiger partial charge < -0.3 is 14.2 Å². The molecule has 0 unspecified atom stereocenters. The number of ether oxygens (including phenoxy) is 3. The Hall–Kier alpha value is -3.34. The average Bonchev–Trinajstić information content (AvgIpc) is 2.71. The Kier molecular flexibility index (Phi) is 4.27. The van der Waals surface area contributed by atoms with E-state index in [1.54, 1.807) is 30.3 Å². The average molecular weight is 348 g/mol. The molecular formula is C21H16O5. The highest BCUT2D eigenvalue weighted by Gasteiger charge is 2.17. The summed E-state index contributed by atoms with van der Waals surface area (Å²) in [6.07, 6.45) is 0. The molecule has 0 spiro atoms. The molecule has 1 heterocycles. The van der Waals surface area contributed by atoms with Gasteiger partial charge in [0, 0.05) is 5.56 Å². The van der Waals surface area contributed by atoms with Gasteiger partial charge in [0.25, 0.3) is 0 Å². The van der Waals surface area contributed by atoms with Crippen LogP contribution in [0.5, 0.6) is 11.5 Å². The zero-order chi connectivity index (χ0) is 17.9. The van der Waals surface area contributed by atoms with Crippen LogP contribution in [0, 0.1) is 0 Å². The number of fused-ring (bicyclic) bond motifs is 2. The van der Waals surface area contributed by atoms with E-state index in [0.29, 0.717) is 35.8 Å². The monoisotopic (exact) mass is 348 g/mol. The zero-order valence-corrected chi connectivity index (χ0v) is 13.9. The molecule has 0 aliphatic carbocycles. The van der Waals surface area contributed by atoms with Crippen LogP contribution in [0.25, 0.3) is 10.8 Å². The van der Waals surface area contributed by atoms with Crippen molar-refractivity contribution >= 4 is 22.5 Å². The van der Waals surface area contributed by atoms with Crippen molar-refractivity contribution in [3.8, 4) is 11.5 Å². The molecule has 0 saturated carbocycles. The highest BCUT2D eigenvalue weighted by Crippen LogP contribution is 2.30. The van der Waals surface area contributed by atoms with Gasteiger partial charge in [0.15, 0.2) is 23.9 Å². The molecule has 0 saturated heterocycles. The molecule has 1 aliphatic heterocycles. The summed E-state index contributed by atoms with van der Waals surface area (Å²) in [4.78, 5) is 24.5. The SMILES string of the molecule is O=C(COC(=O)c1ccc2c(c1)OCCO2)c1ccc2ccccc2c1. The number of hydrogen-bond donors (Lipinski definition) is 0. The van der Waals surface area contributed by atoms with E-state index in [2.05, 4.69) is 0 Å². The molecule has 0 N–H and O–H groups in total. The number of carbonyl (C=O) groups excluding carboxylic acids is 2. The van der Waals surface area contributed by atoms with Crippen LogP contribution in [0.1, 0.15) is 20.7 Å². The number of rotatable bonds is 4. The lowest BCUT2D eigenvalue weighted by Gasteiger charge is -2.18. The van der Waals surface area contributed by atoms with Gasteiger partial charge in [-0.15, -0.1) is 0 Å². The van der Waals surface area contributed by atoms with Crippen LogP contribution >= 0.6 is 0 Å². The van der Waals surface area contributed by atoms with Crippen LogP contribution in [-0.4, -0.2) is 31.6 Å². The predicted molar refractivity (Wildman–Crippen MR) is 96.0 cm³/mol. The molecule has 1 aliphatic rings. The Bertz CT molecular complexity index is 993. The van der Waals surface area contributed by atoms with Gasteiger partial charge in [-0.2, -0.15) is 0 Å². The molecular weight excluding hydrogens is 332 g/mol. The summed E-state index contributed by atoms with van der Waals surface area (Å²) >= 11 is 0. The molecule has 0 aromatic heterocycles. The van der Waals surface area contributed by atoms with Crippen molar-refractivity contribution in [1.29, 1.82) is 0 Å². The Labute approximate surface area is 150 Å². The van der Waals surface area contributed by atoms with E-state index in [4.69, 9.17) is 14.2 Å². The minimum Gasteiger partial charge on any atom is -0.486 e. The number of esters is 1. The van der Waals surface area contributed by atoms with Gasteiger partial charge >= 0.3 is 5.97 Å². The zero-order valence-electron chi connectivity index (χ0n) is 13.9. The number of hydrogen-bond acceptors (Lipinski definition) is 5. The van der Waals surface area contributed by atoms with Crippen molar-refractivity contribution in [2.45, 2.75) is 0 Å². The summed E-state index contributed by atoms with van der Waals surface area (Å²) in [6, 6.07) is 18.0. The van der Waals surface area contributed by atoms with Crippen LogP contribution in [-0.2, 0) is 4.74 Å². The first-order valence-corrected chi connectivity index (χ1v) is 8.29. The van der Waals surface area contributed by atoms with E-state index < -0.39 is 5.97 Å². The third kappa shape index (κ3) is 3.24. The van der Waals surface area contributed by atoms with Gasteiger partial charge in [-0.3, -0.25) is 4.79 Å². The van der Waals surface area contributed by atoms with E-state index in [1.165, 1.54) is 0 Å². The van der Waals surface area contributed by atoms with Gasteiger partial charge in [-0.25, -0.2) is 4.79 Å². The van der Waals surface area contributed by atoms with Crippen LogP contribution in [0.3, 0.4) is 0 Å². The van der Waals surface area contributed by atoms with E-state index in [-0.39, 0.29) is 12.4 Å². The maximum atomic E-state index is 12.3. The van der Waals surface area contributed by atoms with Gasteiger partial charge in [-0.1, -0.05) is 36.4 Å². The molecule has 0 radical (unpaired) electrons. The quantitative estimate of drug-likeness (QED) is 0.532. The fourth-order valence-electron chi connectivity index (χ4n) is 2.83. The second-order valence-electron chi connectivity index (χ2n) is 5.92. The maximum absolute atomic E-state index is 12.3. The first-order chi connectivity index (χ1) is 12.7. The molecule has 0 amide bonds. The lowest BCUT2D eigenvalue weighted by atomic mass is 10.0. The molecule has 3 aromatic rings. The number of Topliss-reactive ketones (excluding diaryl/α,β-unsaturated/α-hetero) is 1. The molecule has 4 rings (SSSR count). The van der Waals surface area contributed by atoms with E-state index >= 15 is 0 Å². The fraction of sp³-hybridized carbons (Fsp3) is 0.143. The first-order valence-electron chi connectivity index (χ1n) is 8.29. The Morgan fingerprint density at radius 2 is 1.54 bits per heavy atom. The molecule has 5 nitrogen and oxygen atoms in total. The highest BCUT2D eigenvalue weighted by molar-refractivity contribution is 6.02. The lowest BCUT2D eigenvalue weighted by molar-refractivity contribution is 0.0474. The standard InChI is InChI=1S/C21H16O5/c22-18(16-6-5-14-3-1-2-4-15(14)11-16)13-26-21(23)17-7-8-19-20(12-17)25-10-9-24-19/h1-8,11-12H,9-10,13H2. The Balaban J connectivity index is 1.44. The summed E-state index contributed by atoms with van der Waals surface area (Å²) in [5.74, 6) is 0.282. The van der Waals surface area contributed by atoms with Crippen molar-refractivity contribution in [3.05, 3.63) is 71.8 Å². The van der Waals surface area contributed by atoms with Gasteiger partial charge in [-0.05, 0) is 35.0 Å². The summed E-state index contributed by atoms with van der Waals surface area (Å²) < 4.78 is 16.0. The minimum atomic E-state index is -0.573. The van der Waals surface area contributed by atoms with Crippen molar-refractivity contribution in [3.63, 3.8) is 0 Å². The third-order valence-electron chi connectivity index (χ3n) is 4.18. The molecule has 26 heavy (non-hydrogen) atoms. The highest BCUT2D eigenvalue weighted by atomic mass is 16.6. The molecule has 5 heteroatoms. The summed E-state index contributed by atoms with van der Waals surface area (Å²) in [5.41, 5.74) is 0.833. The van der Waals surface area contributed by atoms with Crippen molar-refractivity contribution < 1.29 is 23.8 Å². The molecule has 0 atom stereocenters. The largest absolute Gasteiger partial charge is 0.486 e. The minimum absolute atomic E-state index is 0.248. The number of ketones is 1. The summed E-state index contributed by atoms with van der Waals surface area (Å²) in [7, 11) is 0. The third-order valence-corrected chi connectivity index (χ3v) is 4.18. The Morgan fingerprint density at radius 1 is 0.808 bits per heavy atom. The maximum Gasteiger partial charge on any atom is 0.338 e. The second kappa shape index (κ2) is 6.88. The van der Waals surface area contributed by atoms with Crippen LogP contribution in [0.15, 0.2) is 60.7 Å². The van der Waals surface area contributed by atoms with Gasteiger partial charge in [0.2, 0.25) is 0 Å². The topological polar surface area (TPSA) is 61.8 Å². The van der Waals surface area contributed by atoms with Crippen molar-refractivity contribution in [2.75, 3.05) is 19.8 Å². The van der Waals surface area contributed by atoms with Crippen molar-refractivity contribution in [1.82, 2.24) is 0 Å². The van der Waals surface area contributed by atoms with E-state index in [1.807, 2.05) is 30.3 Å². The lowest BCUT2D eigenvalue weighted by Crippen LogP contribution is -2.17.